The highest BCUT2D eigenvalue weighted by Gasteiger charge is 2.19. The second-order valence-electron chi connectivity index (χ2n) is 4.60. The van der Waals surface area contributed by atoms with E-state index in [1.54, 1.807) is 12.4 Å². The monoisotopic (exact) mass is 322 g/mol. The molecule has 0 atom stereocenters. The minimum Gasteiger partial charge on any atom is -0.319 e. The molecule has 0 aliphatic heterocycles. The number of rotatable bonds is 3. The number of pyridine rings is 1. The van der Waals surface area contributed by atoms with E-state index in [-0.39, 0.29) is 11.8 Å². The first-order chi connectivity index (χ1) is 9.00. The Kier molecular flexibility index (Phi) is 3.99. The minimum absolute atomic E-state index is 0.258. The summed E-state index contributed by atoms with van der Waals surface area (Å²) in [5.74, 6) is 0.00896. The normalized spacial score (nSPS) is 10.8. The molecule has 1 amide bonds. The number of carbonyl (C=O) groups is 1. The fraction of sp³-hybridized carbons (Fsp3) is 0.308. The Labute approximate surface area is 120 Å². The highest BCUT2D eigenvalue weighted by molar-refractivity contribution is 9.10. The van der Waals surface area contributed by atoms with E-state index in [1.807, 2.05) is 26.8 Å². The Morgan fingerprint density at radius 2 is 2.21 bits per heavy atom. The molecule has 0 bridgehead atoms. The maximum Gasteiger partial charge on any atom is 0.277 e. The van der Waals surface area contributed by atoms with E-state index in [9.17, 15) is 4.79 Å². The number of hydrogen-bond acceptors (Lipinski definition) is 3. The van der Waals surface area contributed by atoms with Gasteiger partial charge in [0, 0.05) is 6.20 Å². The number of amides is 1. The van der Waals surface area contributed by atoms with Crippen LogP contribution >= 0.6 is 15.9 Å². The Morgan fingerprint density at radius 3 is 2.79 bits per heavy atom. The molecule has 0 aromatic carbocycles. The lowest BCUT2D eigenvalue weighted by atomic mass is 10.1. The van der Waals surface area contributed by atoms with Gasteiger partial charge in [-0.2, -0.15) is 5.10 Å². The zero-order chi connectivity index (χ0) is 14.0. The number of carbonyl (C=O) groups excluding carboxylic acids is 1. The van der Waals surface area contributed by atoms with Gasteiger partial charge in [0.2, 0.25) is 0 Å². The number of nitrogens with zero attached hydrogens (tertiary/aromatic N) is 2. The number of hydrogen-bond donors (Lipinski definition) is 2. The van der Waals surface area contributed by atoms with Crippen molar-refractivity contribution < 1.29 is 4.79 Å². The second-order valence-corrected chi connectivity index (χ2v) is 5.39. The van der Waals surface area contributed by atoms with E-state index in [0.29, 0.717) is 15.9 Å². The van der Waals surface area contributed by atoms with Gasteiger partial charge in [-0.15, -0.1) is 0 Å². The molecular formula is C13H15BrN4O. The third-order valence-electron chi connectivity index (χ3n) is 2.81. The molecule has 2 rings (SSSR count). The Bertz CT molecular complexity index is 606. The maximum absolute atomic E-state index is 12.2. The van der Waals surface area contributed by atoms with Crippen LogP contribution < -0.4 is 5.32 Å². The number of aromatic nitrogens is 3. The zero-order valence-electron chi connectivity index (χ0n) is 11.0. The summed E-state index contributed by atoms with van der Waals surface area (Å²) in [5.41, 5.74) is 2.91. The maximum atomic E-state index is 12.2. The number of halogens is 1. The summed E-state index contributed by atoms with van der Waals surface area (Å²) < 4.78 is 0.710. The van der Waals surface area contributed by atoms with Crippen LogP contribution in [0.1, 0.15) is 41.5 Å². The molecule has 0 saturated heterocycles. The van der Waals surface area contributed by atoms with Crippen molar-refractivity contribution in [1.82, 2.24) is 15.2 Å². The van der Waals surface area contributed by atoms with E-state index in [1.165, 1.54) is 0 Å². The smallest absolute Gasteiger partial charge is 0.277 e. The number of aromatic amines is 1. The summed E-state index contributed by atoms with van der Waals surface area (Å²) in [6, 6.07) is 1.84. The molecule has 2 heterocycles. The van der Waals surface area contributed by atoms with Gasteiger partial charge < -0.3 is 5.32 Å². The Hall–Kier alpha value is -1.69. The highest BCUT2D eigenvalue weighted by Crippen LogP contribution is 2.26. The van der Waals surface area contributed by atoms with Crippen molar-refractivity contribution in [2.75, 3.05) is 5.32 Å². The summed E-state index contributed by atoms with van der Waals surface area (Å²) in [6.07, 6.45) is 3.31. The lowest BCUT2D eigenvalue weighted by molar-refractivity contribution is 0.102. The van der Waals surface area contributed by atoms with Crippen LogP contribution in [0.2, 0.25) is 0 Å². The van der Waals surface area contributed by atoms with E-state index in [4.69, 9.17) is 0 Å². The van der Waals surface area contributed by atoms with Gasteiger partial charge in [0.15, 0.2) is 5.69 Å². The van der Waals surface area contributed by atoms with Gasteiger partial charge in [-0.05, 0) is 40.4 Å². The molecule has 0 radical (unpaired) electrons. The fourth-order valence-electron chi connectivity index (χ4n) is 1.65. The summed E-state index contributed by atoms with van der Waals surface area (Å²) in [4.78, 5) is 16.2. The van der Waals surface area contributed by atoms with Gasteiger partial charge in [-0.25, -0.2) is 0 Å². The van der Waals surface area contributed by atoms with Gasteiger partial charge in [-0.3, -0.25) is 14.9 Å². The molecule has 0 unspecified atom stereocenters. The molecule has 2 N–H and O–H groups in total. The molecular weight excluding hydrogens is 308 g/mol. The molecule has 6 heteroatoms. The van der Waals surface area contributed by atoms with Gasteiger partial charge in [-0.1, -0.05) is 13.8 Å². The van der Waals surface area contributed by atoms with Crippen LogP contribution in [0.15, 0.2) is 22.9 Å². The first-order valence-corrected chi connectivity index (χ1v) is 6.75. The summed E-state index contributed by atoms with van der Waals surface area (Å²) in [5, 5.41) is 9.75. The molecule has 0 spiro atoms. The second kappa shape index (κ2) is 5.52. The van der Waals surface area contributed by atoms with Gasteiger partial charge in [0.1, 0.15) is 0 Å². The summed E-state index contributed by atoms with van der Waals surface area (Å²) in [7, 11) is 0. The van der Waals surface area contributed by atoms with E-state index in [2.05, 4.69) is 36.4 Å². The predicted octanol–water partition coefficient (Wildman–Crippen LogP) is 3.25. The molecule has 2 aromatic rings. The SMILES string of the molecule is Cc1ccncc1NC(=O)c1n[nH]c(C(C)C)c1Br. The molecule has 100 valence electrons. The summed E-state index contributed by atoms with van der Waals surface area (Å²) in [6.45, 7) is 5.98. The van der Waals surface area contributed by atoms with Crippen LogP contribution in [0.3, 0.4) is 0 Å². The Morgan fingerprint density at radius 1 is 1.47 bits per heavy atom. The first-order valence-electron chi connectivity index (χ1n) is 5.96. The number of H-pyrrole nitrogens is 1. The van der Waals surface area contributed by atoms with Gasteiger partial charge >= 0.3 is 0 Å². The molecule has 19 heavy (non-hydrogen) atoms. The van der Waals surface area contributed by atoms with E-state index in [0.717, 1.165) is 11.3 Å². The zero-order valence-corrected chi connectivity index (χ0v) is 12.6. The average molecular weight is 323 g/mol. The van der Waals surface area contributed by atoms with Crippen LogP contribution in [0, 0.1) is 6.92 Å². The topological polar surface area (TPSA) is 70.7 Å². The van der Waals surface area contributed by atoms with Crippen molar-refractivity contribution in [1.29, 1.82) is 0 Å². The van der Waals surface area contributed by atoms with Crippen molar-refractivity contribution in [3.05, 3.63) is 39.9 Å². The van der Waals surface area contributed by atoms with Crippen molar-refractivity contribution in [2.45, 2.75) is 26.7 Å². The van der Waals surface area contributed by atoms with Crippen molar-refractivity contribution in [3.63, 3.8) is 0 Å². The van der Waals surface area contributed by atoms with Gasteiger partial charge in [0.05, 0.1) is 22.1 Å². The molecule has 2 aromatic heterocycles. The van der Waals surface area contributed by atoms with Gasteiger partial charge in [0.25, 0.3) is 5.91 Å². The first kappa shape index (κ1) is 13.7. The Balaban J connectivity index is 2.24. The molecule has 0 aliphatic rings. The molecule has 5 nitrogen and oxygen atoms in total. The highest BCUT2D eigenvalue weighted by atomic mass is 79.9. The van der Waals surface area contributed by atoms with Crippen LogP contribution in [0.4, 0.5) is 5.69 Å². The summed E-state index contributed by atoms with van der Waals surface area (Å²) >= 11 is 3.41. The molecule has 0 fully saturated rings. The van der Waals surface area contributed by atoms with Crippen molar-refractivity contribution in [2.24, 2.45) is 0 Å². The lowest BCUT2D eigenvalue weighted by Gasteiger charge is -2.06. The number of anilines is 1. The predicted molar refractivity (Wildman–Crippen MR) is 77.3 cm³/mol. The van der Waals surface area contributed by atoms with E-state index < -0.39 is 0 Å². The number of nitrogens with one attached hydrogen (secondary N) is 2. The third kappa shape index (κ3) is 2.84. The lowest BCUT2D eigenvalue weighted by Crippen LogP contribution is -2.14. The third-order valence-corrected chi connectivity index (χ3v) is 3.61. The van der Waals surface area contributed by atoms with E-state index >= 15 is 0 Å². The largest absolute Gasteiger partial charge is 0.319 e. The van der Waals surface area contributed by atoms with Crippen LogP contribution in [0.25, 0.3) is 0 Å². The number of aryl methyl sites for hydroxylation is 1. The fourth-order valence-corrected chi connectivity index (χ4v) is 2.47. The van der Waals surface area contributed by atoms with Crippen LogP contribution in [-0.2, 0) is 0 Å². The quantitative estimate of drug-likeness (QED) is 0.911. The van der Waals surface area contributed by atoms with Crippen LogP contribution in [-0.4, -0.2) is 21.1 Å². The van der Waals surface area contributed by atoms with Crippen molar-refractivity contribution >= 4 is 27.5 Å². The average Bonchev–Trinajstić information content (AvgIpc) is 2.74. The van der Waals surface area contributed by atoms with Crippen LogP contribution in [0.5, 0.6) is 0 Å². The molecule has 0 saturated carbocycles. The minimum atomic E-state index is -0.258. The standard InChI is InChI=1S/C13H15BrN4O/c1-7(2)11-10(14)12(18-17-11)13(19)16-9-6-15-5-4-8(9)3/h4-7H,1-3H3,(H,16,19)(H,17,18). The van der Waals surface area contributed by atoms with Crippen molar-refractivity contribution in [3.8, 4) is 0 Å². The molecule has 0 aliphatic carbocycles.